The van der Waals surface area contributed by atoms with E-state index < -0.39 is 34.5 Å². The standard InChI is InChI=1S/C14H26N2O5S3/c1-14(2,3)21-12(19)16-10(11(17)18)9-23-13(22)15-7-5-6-8-24(4)20/h10H,5-9H2,1-4H3,(H,15,22)(H,16,19)(H,17,18)/t10-,24-/m0/s1. The minimum atomic E-state index is -1.15. The molecule has 0 aliphatic rings. The third kappa shape index (κ3) is 13.6. The van der Waals surface area contributed by atoms with Gasteiger partial charge in [-0.2, -0.15) is 0 Å². The molecule has 7 nitrogen and oxygen atoms in total. The zero-order valence-corrected chi connectivity index (χ0v) is 16.9. The molecule has 0 rings (SSSR count). The highest BCUT2D eigenvalue weighted by atomic mass is 32.2. The second-order valence-corrected chi connectivity index (χ2v) is 9.30. The molecule has 0 unspecified atom stereocenters. The fourth-order valence-corrected chi connectivity index (χ4v) is 3.12. The number of hydrogen-bond donors (Lipinski definition) is 3. The average molecular weight is 399 g/mol. The van der Waals surface area contributed by atoms with Crippen LogP contribution in [0.5, 0.6) is 0 Å². The number of ether oxygens (including phenoxy) is 1. The van der Waals surface area contributed by atoms with Crippen LogP contribution in [0.1, 0.15) is 33.6 Å². The number of thioether (sulfide) groups is 1. The van der Waals surface area contributed by atoms with Crippen LogP contribution in [0.3, 0.4) is 0 Å². The summed E-state index contributed by atoms with van der Waals surface area (Å²) in [5.41, 5.74) is -0.695. The van der Waals surface area contributed by atoms with E-state index in [9.17, 15) is 13.8 Å². The quantitative estimate of drug-likeness (QED) is 0.398. The summed E-state index contributed by atoms with van der Waals surface area (Å²) in [4.78, 5) is 22.8. The molecule has 0 radical (unpaired) electrons. The fraction of sp³-hybridized carbons (Fsp3) is 0.786. The fourth-order valence-electron chi connectivity index (χ4n) is 1.46. The minimum Gasteiger partial charge on any atom is -0.480 e. The van der Waals surface area contributed by atoms with Crippen LogP contribution in [0.15, 0.2) is 0 Å². The first-order valence-corrected chi connectivity index (χ1v) is 10.6. The largest absolute Gasteiger partial charge is 0.480 e. The van der Waals surface area contributed by atoms with E-state index in [1.54, 1.807) is 27.0 Å². The molecular formula is C14H26N2O5S3. The number of carbonyl (C=O) groups excluding carboxylic acids is 1. The average Bonchev–Trinajstić information content (AvgIpc) is 2.40. The summed E-state index contributed by atoms with van der Waals surface area (Å²) < 4.78 is 16.4. The normalized spacial score (nSPS) is 13.7. The number of amides is 1. The first-order chi connectivity index (χ1) is 11.0. The summed E-state index contributed by atoms with van der Waals surface area (Å²) in [6.07, 6.45) is 2.56. The van der Waals surface area contributed by atoms with Crippen molar-refractivity contribution in [1.82, 2.24) is 10.6 Å². The molecule has 0 heterocycles. The number of hydrogen-bond acceptors (Lipinski definition) is 6. The number of carboxylic acids is 1. The van der Waals surface area contributed by atoms with E-state index in [0.717, 1.165) is 24.6 Å². The van der Waals surface area contributed by atoms with Gasteiger partial charge in [0.15, 0.2) is 0 Å². The summed E-state index contributed by atoms with van der Waals surface area (Å²) in [5.74, 6) is -0.399. The number of carbonyl (C=O) groups is 2. The predicted octanol–water partition coefficient (Wildman–Crippen LogP) is 1.73. The summed E-state index contributed by atoms with van der Waals surface area (Å²) in [6, 6.07) is -1.09. The number of carboxylic acid groups (broad SMARTS) is 1. The van der Waals surface area contributed by atoms with Crippen molar-refractivity contribution in [2.45, 2.75) is 45.3 Å². The maximum atomic E-state index is 11.6. The van der Waals surface area contributed by atoms with Gasteiger partial charge in [0.25, 0.3) is 0 Å². The number of nitrogens with one attached hydrogen (secondary N) is 2. The van der Waals surface area contributed by atoms with Gasteiger partial charge in [0.05, 0.1) is 0 Å². The van der Waals surface area contributed by atoms with Gasteiger partial charge in [0.2, 0.25) is 0 Å². The van der Waals surface area contributed by atoms with E-state index in [0.29, 0.717) is 16.6 Å². The van der Waals surface area contributed by atoms with Crippen molar-refractivity contribution in [3.8, 4) is 0 Å². The first-order valence-electron chi connectivity index (χ1n) is 7.44. The van der Waals surface area contributed by atoms with Crippen LogP contribution in [-0.2, 0) is 20.3 Å². The Morgan fingerprint density at radius 2 is 1.96 bits per heavy atom. The number of thiocarbonyl (C=S) groups is 1. The van der Waals surface area contributed by atoms with E-state index in [4.69, 9.17) is 22.1 Å². The van der Waals surface area contributed by atoms with E-state index in [2.05, 4.69) is 10.6 Å². The first kappa shape index (κ1) is 23.1. The second kappa shape index (κ2) is 11.6. The van der Waals surface area contributed by atoms with Gasteiger partial charge in [-0.3, -0.25) is 4.21 Å². The van der Waals surface area contributed by atoms with E-state index in [1.807, 2.05) is 0 Å². The zero-order valence-electron chi connectivity index (χ0n) is 14.4. The third-order valence-corrected chi connectivity index (χ3v) is 4.77. The van der Waals surface area contributed by atoms with Gasteiger partial charge in [0.1, 0.15) is 16.0 Å². The molecule has 0 fully saturated rings. The highest BCUT2D eigenvalue weighted by Crippen LogP contribution is 2.09. The summed E-state index contributed by atoms with van der Waals surface area (Å²) in [7, 11) is -0.791. The lowest BCUT2D eigenvalue weighted by Gasteiger charge is -2.22. The molecule has 0 aliphatic carbocycles. The van der Waals surface area contributed by atoms with Gasteiger partial charge >= 0.3 is 12.1 Å². The molecule has 0 spiro atoms. The number of alkyl carbamates (subject to hydrolysis) is 1. The molecule has 3 N–H and O–H groups in total. The van der Waals surface area contributed by atoms with Crippen LogP contribution < -0.4 is 10.6 Å². The van der Waals surface area contributed by atoms with E-state index in [-0.39, 0.29) is 5.75 Å². The lowest BCUT2D eigenvalue weighted by molar-refractivity contribution is -0.138. The van der Waals surface area contributed by atoms with Gasteiger partial charge in [-0.15, -0.1) is 0 Å². The lowest BCUT2D eigenvalue weighted by Crippen LogP contribution is -2.45. The molecule has 10 heteroatoms. The van der Waals surface area contributed by atoms with Crippen molar-refractivity contribution < 1.29 is 23.6 Å². The zero-order chi connectivity index (χ0) is 18.8. The Hall–Kier alpha value is -0.870. The molecule has 140 valence electrons. The SMILES string of the molecule is C[S@](=O)CCCCNC(=S)SC[C@H](NC(=O)OC(C)(C)C)C(=O)O. The van der Waals surface area contributed by atoms with Crippen LogP contribution in [-0.4, -0.2) is 61.6 Å². The van der Waals surface area contributed by atoms with Crippen molar-refractivity contribution in [3.05, 3.63) is 0 Å². The van der Waals surface area contributed by atoms with Gasteiger partial charge in [-0.05, 0) is 33.6 Å². The summed E-state index contributed by atoms with van der Waals surface area (Å²) in [5, 5.41) is 14.5. The third-order valence-electron chi connectivity index (χ3n) is 2.50. The minimum absolute atomic E-state index is 0.0966. The van der Waals surface area contributed by atoms with Crippen molar-refractivity contribution in [2.24, 2.45) is 0 Å². The molecule has 24 heavy (non-hydrogen) atoms. The van der Waals surface area contributed by atoms with Crippen LogP contribution in [0.2, 0.25) is 0 Å². The molecule has 0 aromatic carbocycles. The molecule has 1 amide bonds. The van der Waals surface area contributed by atoms with Crippen LogP contribution in [0.25, 0.3) is 0 Å². The van der Waals surface area contributed by atoms with Gasteiger partial charge in [-0.25, -0.2) is 9.59 Å². The highest BCUT2D eigenvalue weighted by molar-refractivity contribution is 8.23. The Bertz CT molecular complexity index is 466. The van der Waals surface area contributed by atoms with Crippen molar-refractivity contribution in [1.29, 1.82) is 0 Å². The Kier molecular flexibility index (Phi) is 11.2. The lowest BCUT2D eigenvalue weighted by atomic mass is 10.2. The molecule has 0 bridgehead atoms. The molecule has 0 aromatic heterocycles. The van der Waals surface area contributed by atoms with Crippen LogP contribution >= 0.6 is 24.0 Å². The van der Waals surface area contributed by atoms with Crippen molar-refractivity contribution in [2.75, 3.05) is 24.3 Å². The molecule has 0 saturated carbocycles. The highest BCUT2D eigenvalue weighted by Gasteiger charge is 2.24. The van der Waals surface area contributed by atoms with Gasteiger partial charge < -0.3 is 20.5 Å². The Balaban J connectivity index is 4.12. The Labute approximate surface area is 155 Å². The maximum absolute atomic E-state index is 11.6. The van der Waals surface area contributed by atoms with Crippen molar-refractivity contribution in [3.63, 3.8) is 0 Å². The summed E-state index contributed by atoms with van der Waals surface area (Å²) >= 11 is 6.26. The summed E-state index contributed by atoms with van der Waals surface area (Å²) in [6.45, 7) is 5.74. The second-order valence-electron chi connectivity index (χ2n) is 6.05. The van der Waals surface area contributed by atoms with Crippen LogP contribution in [0.4, 0.5) is 4.79 Å². The Morgan fingerprint density at radius 1 is 1.33 bits per heavy atom. The maximum Gasteiger partial charge on any atom is 0.408 e. The number of rotatable bonds is 9. The van der Waals surface area contributed by atoms with E-state index >= 15 is 0 Å². The van der Waals surface area contributed by atoms with Crippen LogP contribution in [0, 0.1) is 0 Å². The predicted molar refractivity (Wildman–Crippen MR) is 102 cm³/mol. The molecular weight excluding hydrogens is 372 g/mol. The number of unbranched alkanes of at least 4 members (excludes halogenated alkanes) is 1. The van der Waals surface area contributed by atoms with Gasteiger partial charge in [-0.1, -0.05) is 24.0 Å². The molecule has 0 aromatic rings. The topological polar surface area (TPSA) is 105 Å². The molecule has 0 aliphatic heterocycles. The van der Waals surface area contributed by atoms with E-state index in [1.165, 1.54) is 0 Å². The Morgan fingerprint density at radius 3 is 2.46 bits per heavy atom. The number of aliphatic carboxylic acids is 1. The molecule has 0 saturated heterocycles. The monoisotopic (exact) mass is 398 g/mol. The molecule has 2 atom stereocenters. The van der Waals surface area contributed by atoms with Gasteiger partial charge in [0, 0.05) is 35.1 Å². The smallest absolute Gasteiger partial charge is 0.408 e. The van der Waals surface area contributed by atoms with Crippen molar-refractivity contribution >= 4 is 51.2 Å².